The molecule has 1 rings (SSSR count). The molecular weight excluding hydrogens is 257 g/mol. The molecule has 0 amide bonds. The molecule has 1 aromatic carbocycles. The summed E-state index contributed by atoms with van der Waals surface area (Å²) < 4.78 is 25.2. The first-order chi connectivity index (χ1) is 9.49. The van der Waals surface area contributed by atoms with Crippen LogP contribution in [0.25, 0.3) is 0 Å². The summed E-state index contributed by atoms with van der Waals surface area (Å²) in [6.07, 6.45) is 1.73. The molecule has 0 aliphatic carbocycles. The number of benzene rings is 1. The van der Waals surface area contributed by atoms with Crippen molar-refractivity contribution in [3.8, 4) is 11.5 Å². The van der Waals surface area contributed by atoms with Gasteiger partial charge in [-0.1, -0.05) is 6.92 Å². The minimum Gasteiger partial charge on any atom is -0.490 e. The molecule has 0 heterocycles. The van der Waals surface area contributed by atoms with E-state index in [9.17, 15) is 4.39 Å². The highest BCUT2D eigenvalue weighted by atomic mass is 19.1. The highest BCUT2D eigenvalue weighted by Crippen LogP contribution is 2.35. The van der Waals surface area contributed by atoms with Gasteiger partial charge in [0.2, 0.25) is 0 Å². The van der Waals surface area contributed by atoms with Crippen molar-refractivity contribution in [2.24, 2.45) is 5.73 Å². The molecule has 2 atom stereocenters. The van der Waals surface area contributed by atoms with Gasteiger partial charge in [-0.05, 0) is 51.2 Å². The zero-order valence-electron chi connectivity index (χ0n) is 12.9. The molecule has 0 aromatic heterocycles. The highest BCUT2D eigenvalue weighted by Gasteiger charge is 2.17. The number of nitrogens with two attached hydrogens (primary N) is 1. The van der Waals surface area contributed by atoms with E-state index < -0.39 is 0 Å². The van der Waals surface area contributed by atoms with Crippen molar-refractivity contribution in [3.05, 3.63) is 23.5 Å². The Labute approximate surface area is 121 Å². The van der Waals surface area contributed by atoms with Crippen LogP contribution in [-0.2, 0) is 0 Å². The SMILES string of the molecule is CCOc1cc(F)c(C(C)CCC(C)N)cc1OCC. The molecule has 114 valence electrons. The lowest BCUT2D eigenvalue weighted by Crippen LogP contribution is -2.15. The Hall–Kier alpha value is -1.29. The quantitative estimate of drug-likeness (QED) is 0.788. The van der Waals surface area contributed by atoms with Gasteiger partial charge in [0.25, 0.3) is 0 Å². The number of rotatable bonds is 8. The first-order valence-corrected chi connectivity index (χ1v) is 7.34. The molecule has 0 aliphatic heterocycles. The molecule has 20 heavy (non-hydrogen) atoms. The zero-order chi connectivity index (χ0) is 15.1. The molecule has 3 nitrogen and oxygen atoms in total. The Kier molecular flexibility index (Phi) is 6.79. The smallest absolute Gasteiger partial charge is 0.164 e. The van der Waals surface area contributed by atoms with Crippen LogP contribution < -0.4 is 15.2 Å². The van der Waals surface area contributed by atoms with Crippen molar-refractivity contribution in [3.63, 3.8) is 0 Å². The Morgan fingerprint density at radius 2 is 1.60 bits per heavy atom. The van der Waals surface area contributed by atoms with Gasteiger partial charge in [-0.2, -0.15) is 0 Å². The third-order valence-electron chi connectivity index (χ3n) is 3.25. The summed E-state index contributed by atoms with van der Waals surface area (Å²) in [5.74, 6) is 0.943. The summed E-state index contributed by atoms with van der Waals surface area (Å²) in [7, 11) is 0. The van der Waals surface area contributed by atoms with E-state index >= 15 is 0 Å². The fourth-order valence-corrected chi connectivity index (χ4v) is 2.13. The molecular formula is C16H26FNO2. The van der Waals surface area contributed by atoms with Crippen molar-refractivity contribution >= 4 is 0 Å². The van der Waals surface area contributed by atoms with Gasteiger partial charge in [-0.3, -0.25) is 0 Å². The predicted molar refractivity (Wildman–Crippen MR) is 80.0 cm³/mol. The molecule has 2 N–H and O–H groups in total. The number of hydrogen-bond donors (Lipinski definition) is 1. The van der Waals surface area contributed by atoms with Crippen molar-refractivity contribution in [2.75, 3.05) is 13.2 Å². The van der Waals surface area contributed by atoms with Gasteiger partial charge < -0.3 is 15.2 Å². The normalized spacial score (nSPS) is 13.9. The monoisotopic (exact) mass is 283 g/mol. The number of ether oxygens (including phenoxy) is 2. The van der Waals surface area contributed by atoms with Crippen LogP contribution in [0.3, 0.4) is 0 Å². The van der Waals surface area contributed by atoms with E-state index in [1.165, 1.54) is 6.07 Å². The molecule has 0 aliphatic rings. The van der Waals surface area contributed by atoms with Gasteiger partial charge in [0.15, 0.2) is 11.5 Å². The van der Waals surface area contributed by atoms with E-state index in [4.69, 9.17) is 15.2 Å². The fourth-order valence-electron chi connectivity index (χ4n) is 2.13. The first-order valence-electron chi connectivity index (χ1n) is 7.34. The van der Waals surface area contributed by atoms with E-state index in [1.807, 2.05) is 27.7 Å². The van der Waals surface area contributed by atoms with Crippen molar-refractivity contribution in [1.29, 1.82) is 0 Å². The maximum absolute atomic E-state index is 14.2. The van der Waals surface area contributed by atoms with Crippen LogP contribution in [0.1, 0.15) is 52.0 Å². The lowest BCUT2D eigenvalue weighted by Gasteiger charge is -2.18. The van der Waals surface area contributed by atoms with E-state index in [1.54, 1.807) is 6.07 Å². The van der Waals surface area contributed by atoms with Gasteiger partial charge in [0.05, 0.1) is 13.2 Å². The molecule has 4 heteroatoms. The first kappa shape index (κ1) is 16.8. The van der Waals surface area contributed by atoms with Crippen LogP contribution in [0.5, 0.6) is 11.5 Å². The third kappa shape index (κ3) is 4.67. The average molecular weight is 283 g/mol. The van der Waals surface area contributed by atoms with E-state index in [2.05, 4.69) is 0 Å². The van der Waals surface area contributed by atoms with Crippen LogP contribution in [0.4, 0.5) is 4.39 Å². The lowest BCUT2D eigenvalue weighted by molar-refractivity contribution is 0.285. The van der Waals surface area contributed by atoms with Crippen molar-refractivity contribution in [2.45, 2.75) is 52.5 Å². The van der Waals surface area contributed by atoms with E-state index in [0.717, 1.165) is 12.8 Å². The summed E-state index contributed by atoms with van der Waals surface area (Å²) in [4.78, 5) is 0. The summed E-state index contributed by atoms with van der Waals surface area (Å²) >= 11 is 0. The molecule has 0 saturated heterocycles. The van der Waals surface area contributed by atoms with Crippen LogP contribution in [-0.4, -0.2) is 19.3 Å². The molecule has 1 aromatic rings. The van der Waals surface area contributed by atoms with Gasteiger partial charge in [-0.15, -0.1) is 0 Å². The highest BCUT2D eigenvalue weighted by molar-refractivity contribution is 5.44. The fraction of sp³-hybridized carbons (Fsp3) is 0.625. The topological polar surface area (TPSA) is 44.5 Å². The second kappa shape index (κ2) is 8.10. The van der Waals surface area contributed by atoms with Crippen LogP contribution >= 0.6 is 0 Å². The van der Waals surface area contributed by atoms with Gasteiger partial charge >= 0.3 is 0 Å². The summed E-state index contributed by atoms with van der Waals surface area (Å²) in [6, 6.07) is 3.32. The standard InChI is InChI=1S/C16H26FNO2/c1-5-19-15-9-13(11(3)7-8-12(4)18)14(17)10-16(15)20-6-2/h9-12H,5-8,18H2,1-4H3. The second-order valence-corrected chi connectivity index (χ2v) is 5.14. The maximum Gasteiger partial charge on any atom is 0.164 e. The van der Waals surface area contributed by atoms with Crippen LogP contribution in [0.15, 0.2) is 12.1 Å². The molecule has 0 radical (unpaired) electrons. The minimum absolute atomic E-state index is 0.107. The zero-order valence-corrected chi connectivity index (χ0v) is 12.9. The molecule has 0 saturated carbocycles. The molecule has 2 unspecified atom stereocenters. The van der Waals surface area contributed by atoms with Crippen molar-refractivity contribution < 1.29 is 13.9 Å². The Morgan fingerprint density at radius 3 is 2.10 bits per heavy atom. The Bertz CT molecular complexity index is 421. The Morgan fingerprint density at radius 1 is 1.05 bits per heavy atom. The van der Waals surface area contributed by atoms with Gasteiger partial charge in [0, 0.05) is 12.1 Å². The third-order valence-corrected chi connectivity index (χ3v) is 3.25. The molecule has 0 bridgehead atoms. The summed E-state index contributed by atoms with van der Waals surface area (Å²) in [6.45, 7) is 8.76. The average Bonchev–Trinajstić information content (AvgIpc) is 2.39. The van der Waals surface area contributed by atoms with Crippen LogP contribution in [0.2, 0.25) is 0 Å². The van der Waals surface area contributed by atoms with Crippen LogP contribution in [0, 0.1) is 5.82 Å². The summed E-state index contributed by atoms with van der Waals surface area (Å²) in [5, 5.41) is 0. The van der Waals surface area contributed by atoms with Gasteiger partial charge in [0.1, 0.15) is 5.82 Å². The predicted octanol–water partition coefficient (Wildman–Crippen LogP) is 3.85. The number of hydrogen-bond acceptors (Lipinski definition) is 3. The van der Waals surface area contributed by atoms with Crippen molar-refractivity contribution in [1.82, 2.24) is 0 Å². The van der Waals surface area contributed by atoms with E-state index in [-0.39, 0.29) is 17.8 Å². The summed E-state index contributed by atoms with van der Waals surface area (Å²) in [5.41, 5.74) is 6.42. The maximum atomic E-state index is 14.2. The minimum atomic E-state index is -0.242. The van der Waals surface area contributed by atoms with E-state index in [0.29, 0.717) is 30.3 Å². The Balaban J connectivity index is 2.98. The molecule has 0 fully saturated rings. The van der Waals surface area contributed by atoms with Gasteiger partial charge in [-0.25, -0.2) is 4.39 Å². The lowest BCUT2D eigenvalue weighted by atomic mass is 9.94. The molecule has 0 spiro atoms. The number of halogens is 1. The second-order valence-electron chi connectivity index (χ2n) is 5.14. The largest absolute Gasteiger partial charge is 0.490 e.